The summed E-state index contributed by atoms with van der Waals surface area (Å²) in [6, 6.07) is -0.0197. The van der Waals surface area contributed by atoms with E-state index < -0.39 is 0 Å². The highest BCUT2D eigenvalue weighted by molar-refractivity contribution is 5.81. The van der Waals surface area contributed by atoms with E-state index in [0.717, 1.165) is 57.3 Å². The van der Waals surface area contributed by atoms with E-state index in [9.17, 15) is 4.79 Å². The predicted molar refractivity (Wildman–Crippen MR) is 102 cm³/mol. The molecular weight excluding hydrogens is 328 g/mol. The number of aromatic nitrogens is 1. The third-order valence-corrected chi connectivity index (χ3v) is 6.06. The smallest absolute Gasteiger partial charge is 0.239 e. The number of hydrogen-bond acceptors (Lipinski definition) is 5. The molecule has 0 saturated carbocycles. The maximum absolute atomic E-state index is 13.0. The van der Waals surface area contributed by atoms with Gasteiger partial charge in [-0.1, -0.05) is 19.0 Å². The molecule has 3 atom stereocenters. The van der Waals surface area contributed by atoms with Gasteiger partial charge in [0, 0.05) is 51.4 Å². The molecule has 2 aliphatic rings. The fourth-order valence-electron chi connectivity index (χ4n) is 4.52. The van der Waals surface area contributed by atoms with Crippen molar-refractivity contribution in [3.8, 4) is 0 Å². The van der Waals surface area contributed by atoms with Crippen LogP contribution in [0.3, 0.4) is 0 Å². The topological polar surface area (TPSA) is 52.8 Å². The van der Waals surface area contributed by atoms with Gasteiger partial charge in [0.2, 0.25) is 5.91 Å². The molecule has 0 aliphatic carbocycles. The number of amides is 1. The fourth-order valence-corrected chi connectivity index (χ4v) is 4.52. The SMILES string of the molecule is Cc1noc(C)c1CN1CCN(C(C)C(=O)N2CC(C)CC(C)C2)CC1. The van der Waals surface area contributed by atoms with Crippen molar-refractivity contribution >= 4 is 5.91 Å². The molecule has 0 spiro atoms. The molecule has 6 nitrogen and oxygen atoms in total. The zero-order valence-electron chi connectivity index (χ0n) is 17.0. The van der Waals surface area contributed by atoms with Crippen LogP contribution in [0.15, 0.2) is 4.52 Å². The zero-order chi connectivity index (χ0) is 18.8. The van der Waals surface area contributed by atoms with Gasteiger partial charge in [0.1, 0.15) is 5.76 Å². The summed E-state index contributed by atoms with van der Waals surface area (Å²) in [6.45, 7) is 17.1. The zero-order valence-corrected chi connectivity index (χ0v) is 17.0. The number of aryl methyl sites for hydroxylation is 2. The summed E-state index contributed by atoms with van der Waals surface area (Å²) in [6.07, 6.45) is 1.23. The van der Waals surface area contributed by atoms with Crippen molar-refractivity contribution < 1.29 is 9.32 Å². The van der Waals surface area contributed by atoms with Crippen molar-refractivity contribution in [2.75, 3.05) is 39.3 Å². The molecule has 1 aromatic heterocycles. The molecule has 3 unspecified atom stereocenters. The molecule has 0 radical (unpaired) electrons. The van der Waals surface area contributed by atoms with Gasteiger partial charge in [-0.3, -0.25) is 14.6 Å². The minimum atomic E-state index is -0.0197. The normalized spacial score (nSPS) is 26.9. The van der Waals surface area contributed by atoms with Crippen molar-refractivity contribution in [2.45, 2.75) is 53.6 Å². The maximum atomic E-state index is 13.0. The van der Waals surface area contributed by atoms with Crippen molar-refractivity contribution in [3.05, 3.63) is 17.0 Å². The summed E-state index contributed by atoms with van der Waals surface area (Å²) in [7, 11) is 0. The van der Waals surface area contributed by atoms with Crippen LogP contribution in [-0.2, 0) is 11.3 Å². The Labute approximate surface area is 157 Å². The first-order chi connectivity index (χ1) is 12.3. The summed E-state index contributed by atoms with van der Waals surface area (Å²) < 4.78 is 5.27. The fraction of sp³-hybridized carbons (Fsp3) is 0.800. The van der Waals surface area contributed by atoms with E-state index in [-0.39, 0.29) is 6.04 Å². The highest BCUT2D eigenvalue weighted by atomic mass is 16.5. The van der Waals surface area contributed by atoms with E-state index >= 15 is 0 Å². The number of rotatable bonds is 4. The lowest BCUT2D eigenvalue weighted by molar-refractivity contribution is -0.139. The van der Waals surface area contributed by atoms with Crippen LogP contribution in [0.5, 0.6) is 0 Å². The average molecular weight is 363 g/mol. The number of carbonyl (C=O) groups excluding carboxylic acids is 1. The number of piperazine rings is 1. The highest BCUT2D eigenvalue weighted by Crippen LogP contribution is 2.23. The van der Waals surface area contributed by atoms with Gasteiger partial charge in [-0.25, -0.2) is 0 Å². The van der Waals surface area contributed by atoms with Crippen LogP contribution in [0.2, 0.25) is 0 Å². The predicted octanol–water partition coefficient (Wildman–Crippen LogP) is 2.30. The average Bonchev–Trinajstić information content (AvgIpc) is 2.92. The summed E-state index contributed by atoms with van der Waals surface area (Å²) in [5, 5.41) is 4.05. The van der Waals surface area contributed by atoms with Crippen LogP contribution >= 0.6 is 0 Å². The lowest BCUT2D eigenvalue weighted by atomic mass is 9.91. The lowest BCUT2D eigenvalue weighted by Gasteiger charge is -2.41. The van der Waals surface area contributed by atoms with Gasteiger partial charge in [0.15, 0.2) is 0 Å². The van der Waals surface area contributed by atoms with Crippen LogP contribution < -0.4 is 0 Å². The van der Waals surface area contributed by atoms with Crippen LogP contribution in [-0.4, -0.2) is 71.1 Å². The minimum Gasteiger partial charge on any atom is -0.361 e. The van der Waals surface area contributed by atoms with Crippen LogP contribution in [0.1, 0.15) is 44.2 Å². The van der Waals surface area contributed by atoms with Crippen molar-refractivity contribution in [1.82, 2.24) is 19.9 Å². The Morgan fingerprint density at radius 3 is 2.31 bits per heavy atom. The van der Waals surface area contributed by atoms with Gasteiger partial charge in [-0.15, -0.1) is 0 Å². The summed E-state index contributed by atoms with van der Waals surface area (Å²) in [4.78, 5) is 19.8. The molecule has 1 amide bonds. The van der Waals surface area contributed by atoms with Gasteiger partial charge < -0.3 is 9.42 Å². The quantitative estimate of drug-likeness (QED) is 0.823. The van der Waals surface area contributed by atoms with Gasteiger partial charge in [0.25, 0.3) is 0 Å². The molecule has 6 heteroatoms. The number of nitrogens with zero attached hydrogens (tertiary/aromatic N) is 4. The van der Waals surface area contributed by atoms with Gasteiger partial charge in [0.05, 0.1) is 11.7 Å². The largest absolute Gasteiger partial charge is 0.361 e. The molecule has 1 aromatic rings. The van der Waals surface area contributed by atoms with E-state index in [1.54, 1.807) is 0 Å². The van der Waals surface area contributed by atoms with E-state index in [4.69, 9.17) is 4.52 Å². The lowest BCUT2D eigenvalue weighted by Crippen LogP contribution is -2.56. The van der Waals surface area contributed by atoms with Crippen molar-refractivity contribution in [2.24, 2.45) is 11.8 Å². The molecule has 0 aromatic carbocycles. The van der Waals surface area contributed by atoms with E-state index in [1.807, 2.05) is 13.8 Å². The van der Waals surface area contributed by atoms with E-state index in [2.05, 4.69) is 40.6 Å². The molecule has 2 aliphatic heterocycles. The second kappa shape index (κ2) is 8.09. The second-order valence-electron chi connectivity index (χ2n) is 8.48. The van der Waals surface area contributed by atoms with Gasteiger partial charge in [-0.2, -0.15) is 0 Å². The van der Waals surface area contributed by atoms with Crippen molar-refractivity contribution in [3.63, 3.8) is 0 Å². The molecular formula is C20H34N4O2. The van der Waals surface area contributed by atoms with Crippen LogP contribution in [0, 0.1) is 25.7 Å². The first-order valence-electron chi connectivity index (χ1n) is 10.0. The Bertz CT molecular complexity index is 592. The highest BCUT2D eigenvalue weighted by Gasteiger charge is 2.32. The standard InChI is InChI=1S/C20H34N4O2/c1-14-10-15(2)12-24(11-14)20(25)17(4)23-8-6-22(7-9-23)13-19-16(3)21-26-18(19)5/h14-15,17H,6-13H2,1-5H3. The van der Waals surface area contributed by atoms with Gasteiger partial charge in [-0.05, 0) is 39.0 Å². The number of likely N-dealkylation sites (tertiary alicyclic amines) is 1. The molecule has 2 fully saturated rings. The van der Waals surface area contributed by atoms with Crippen LogP contribution in [0.25, 0.3) is 0 Å². The number of hydrogen-bond donors (Lipinski definition) is 0. The minimum absolute atomic E-state index is 0.0197. The molecule has 0 bridgehead atoms. The Balaban J connectivity index is 1.51. The Morgan fingerprint density at radius 2 is 1.77 bits per heavy atom. The molecule has 0 N–H and O–H groups in total. The summed E-state index contributed by atoms with van der Waals surface area (Å²) >= 11 is 0. The second-order valence-corrected chi connectivity index (χ2v) is 8.48. The molecule has 2 saturated heterocycles. The Morgan fingerprint density at radius 1 is 1.15 bits per heavy atom. The van der Waals surface area contributed by atoms with Crippen LogP contribution in [0.4, 0.5) is 0 Å². The third-order valence-electron chi connectivity index (χ3n) is 6.06. The summed E-state index contributed by atoms with van der Waals surface area (Å²) in [5.74, 6) is 2.45. The van der Waals surface area contributed by atoms with E-state index in [0.29, 0.717) is 17.7 Å². The molecule has 3 rings (SSSR count). The number of carbonyl (C=O) groups is 1. The maximum Gasteiger partial charge on any atom is 0.239 e. The molecule has 26 heavy (non-hydrogen) atoms. The molecule has 3 heterocycles. The first kappa shape index (κ1) is 19.4. The monoisotopic (exact) mass is 362 g/mol. The number of piperidine rings is 1. The molecule has 146 valence electrons. The summed E-state index contributed by atoms with van der Waals surface area (Å²) in [5.41, 5.74) is 2.20. The Kier molecular flexibility index (Phi) is 6.03. The van der Waals surface area contributed by atoms with Crippen molar-refractivity contribution in [1.29, 1.82) is 0 Å². The first-order valence-corrected chi connectivity index (χ1v) is 10.0. The van der Waals surface area contributed by atoms with Gasteiger partial charge >= 0.3 is 0 Å². The van der Waals surface area contributed by atoms with E-state index in [1.165, 1.54) is 12.0 Å². The third kappa shape index (κ3) is 4.29. The Hall–Kier alpha value is -1.40.